The number of para-hydroxylation sites is 1. The molecule has 2 aromatic rings. The number of rotatable bonds is 4. The Morgan fingerprint density at radius 3 is 2.42 bits per heavy atom. The number of carboxylic acids is 1. The molecule has 2 aromatic carbocycles. The minimum absolute atomic E-state index is 0.00470. The van der Waals surface area contributed by atoms with Crippen molar-refractivity contribution in [1.82, 2.24) is 0 Å². The number of hydrogen-bond donors (Lipinski definition) is 2. The molecule has 1 heterocycles. The smallest absolute Gasteiger partial charge is 0.335 e. The van der Waals surface area contributed by atoms with Gasteiger partial charge in [0.2, 0.25) is 5.91 Å². The van der Waals surface area contributed by atoms with Crippen molar-refractivity contribution in [1.29, 1.82) is 0 Å². The maximum absolute atomic E-state index is 12.5. The number of nitrogens with zero attached hydrogens (tertiary/aromatic N) is 1. The summed E-state index contributed by atoms with van der Waals surface area (Å²) in [5.74, 6) is -1.82. The zero-order chi connectivity index (χ0) is 17.3. The van der Waals surface area contributed by atoms with Crippen LogP contribution in [0.4, 0.5) is 11.4 Å². The predicted octanol–water partition coefficient (Wildman–Crippen LogP) is 2.78. The van der Waals surface area contributed by atoms with Crippen molar-refractivity contribution in [2.45, 2.75) is 12.5 Å². The maximum atomic E-state index is 12.5. The highest BCUT2D eigenvalue weighted by atomic mass is 35.5. The highest BCUT2D eigenvalue weighted by molar-refractivity contribution is 6.33. The number of amides is 2. The van der Waals surface area contributed by atoms with E-state index < -0.39 is 17.9 Å². The van der Waals surface area contributed by atoms with Crippen molar-refractivity contribution in [3.8, 4) is 0 Å². The first-order valence-corrected chi connectivity index (χ1v) is 7.56. The van der Waals surface area contributed by atoms with Gasteiger partial charge >= 0.3 is 5.97 Å². The highest BCUT2D eigenvalue weighted by Gasteiger charge is 2.39. The Kier molecular flexibility index (Phi) is 4.22. The summed E-state index contributed by atoms with van der Waals surface area (Å²) in [4.78, 5) is 36.7. The van der Waals surface area contributed by atoms with Crippen LogP contribution in [-0.2, 0) is 9.59 Å². The third-order valence-corrected chi connectivity index (χ3v) is 4.05. The molecule has 0 unspecified atom stereocenters. The standard InChI is InChI=1S/C17H13ClN2O4/c18-12-3-1-2-4-13(12)19-14-9-15(21)20(16(14)22)11-7-5-10(6-8-11)17(23)24/h1-8,14,19H,9H2,(H,23,24)/t14-/m1/s1. The van der Waals surface area contributed by atoms with Crippen LogP contribution in [0.25, 0.3) is 0 Å². The molecular formula is C17H13ClN2O4. The molecule has 1 saturated heterocycles. The van der Waals surface area contributed by atoms with Gasteiger partial charge in [-0.2, -0.15) is 0 Å². The minimum atomic E-state index is -1.07. The Hall–Kier alpha value is -2.86. The van der Waals surface area contributed by atoms with Crippen LogP contribution in [-0.4, -0.2) is 28.9 Å². The number of halogens is 1. The molecule has 1 aliphatic heterocycles. The van der Waals surface area contributed by atoms with E-state index >= 15 is 0 Å². The average molecular weight is 345 g/mol. The number of hydrogen-bond acceptors (Lipinski definition) is 4. The molecule has 122 valence electrons. The lowest BCUT2D eigenvalue weighted by atomic mass is 10.2. The first kappa shape index (κ1) is 16.0. The summed E-state index contributed by atoms with van der Waals surface area (Å²) in [6.07, 6.45) is 0.00470. The Morgan fingerprint density at radius 2 is 1.79 bits per heavy atom. The fourth-order valence-electron chi connectivity index (χ4n) is 2.54. The van der Waals surface area contributed by atoms with Crippen molar-refractivity contribution in [3.63, 3.8) is 0 Å². The number of carbonyl (C=O) groups excluding carboxylic acids is 2. The Morgan fingerprint density at radius 1 is 1.12 bits per heavy atom. The summed E-state index contributed by atoms with van der Waals surface area (Å²) in [7, 11) is 0. The van der Waals surface area contributed by atoms with Crippen LogP contribution in [0.3, 0.4) is 0 Å². The monoisotopic (exact) mass is 344 g/mol. The van der Waals surface area contributed by atoms with Gasteiger partial charge < -0.3 is 10.4 Å². The summed E-state index contributed by atoms with van der Waals surface area (Å²) in [5, 5.41) is 12.3. The summed E-state index contributed by atoms with van der Waals surface area (Å²) >= 11 is 6.06. The summed E-state index contributed by atoms with van der Waals surface area (Å²) in [6.45, 7) is 0. The van der Waals surface area contributed by atoms with E-state index in [9.17, 15) is 14.4 Å². The molecule has 24 heavy (non-hydrogen) atoms. The quantitative estimate of drug-likeness (QED) is 0.833. The lowest BCUT2D eigenvalue weighted by Crippen LogP contribution is -2.34. The first-order chi connectivity index (χ1) is 11.5. The number of aromatic carboxylic acids is 1. The number of anilines is 2. The minimum Gasteiger partial charge on any atom is -0.478 e. The average Bonchev–Trinajstić information content (AvgIpc) is 2.84. The van der Waals surface area contributed by atoms with Gasteiger partial charge in [0.1, 0.15) is 6.04 Å². The van der Waals surface area contributed by atoms with E-state index in [0.29, 0.717) is 16.4 Å². The Bertz CT molecular complexity index is 820. The van der Waals surface area contributed by atoms with E-state index in [0.717, 1.165) is 4.90 Å². The molecular weight excluding hydrogens is 332 g/mol. The lowest BCUT2D eigenvalue weighted by molar-refractivity contribution is -0.121. The van der Waals surface area contributed by atoms with Gasteiger partial charge in [0, 0.05) is 0 Å². The van der Waals surface area contributed by atoms with Gasteiger partial charge in [0.25, 0.3) is 5.91 Å². The van der Waals surface area contributed by atoms with Crippen molar-refractivity contribution in [3.05, 3.63) is 59.1 Å². The van der Waals surface area contributed by atoms with Gasteiger partial charge in [-0.3, -0.25) is 9.59 Å². The second-order valence-electron chi connectivity index (χ2n) is 5.30. The number of imide groups is 1. The third kappa shape index (κ3) is 2.96. The Labute approximate surface area is 142 Å². The maximum Gasteiger partial charge on any atom is 0.335 e. The number of carboxylic acid groups (broad SMARTS) is 1. The van der Waals surface area contributed by atoms with Gasteiger partial charge in [-0.05, 0) is 36.4 Å². The van der Waals surface area contributed by atoms with Gasteiger partial charge in [-0.25, -0.2) is 9.69 Å². The van der Waals surface area contributed by atoms with Crippen LogP contribution in [0.1, 0.15) is 16.8 Å². The van der Waals surface area contributed by atoms with Crippen LogP contribution in [0.5, 0.6) is 0 Å². The number of benzene rings is 2. The molecule has 0 saturated carbocycles. The molecule has 3 rings (SSSR count). The molecule has 0 spiro atoms. The lowest BCUT2D eigenvalue weighted by Gasteiger charge is -2.16. The van der Waals surface area contributed by atoms with Crippen molar-refractivity contribution in [2.24, 2.45) is 0 Å². The molecule has 0 aliphatic carbocycles. The van der Waals surface area contributed by atoms with Crippen LogP contribution >= 0.6 is 11.6 Å². The van der Waals surface area contributed by atoms with Gasteiger partial charge in [0.15, 0.2) is 0 Å². The van der Waals surface area contributed by atoms with Gasteiger partial charge in [-0.15, -0.1) is 0 Å². The summed E-state index contributed by atoms with van der Waals surface area (Å²) < 4.78 is 0. The fraction of sp³-hybridized carbons (Fsp3) is 0.118. The van der Waals surface area contributed by atoms with Crippen LogP contribution in [0, 0.1) is 0 Å². The van der Waals surface area contributed by atoms with Crippen molar-refractivity contribution >= 4 is 40.8 Å². The molecule has 1 fully saturated rings. The molecule has 7 heteroatoms. The predicted molar refractivity (Wildman–Crippen MR) is 89.4 cm³/mol. The van der Waals surface area contributed by atoms with Gasteiger partial charge in [-0.1, -0.05) is 23.7 Å². The van der Waals surface area contributed by atoms with Crippen LogP contribution in [0.2, 0.25) is 5.02 Å². The van der Waals surface area contributed by atoms with Crippen molar-refractivity contribution < 1.29 is 19.5 Å². The van der Waals surface area contributed by atoms with E-state index in [2.05, 4.69) is 5.32 Å². The van der Waals surface area contributed by atoms with Gasteiger partial charge in [0.05, 0.1) is 28.4 Å². The second-order valence-corrected chi connectivity index (χ2v) is 5.71. The number of nitrogens with one attached hydrogen (secondary N) is 1. The molecule has 2 amide bonds. The van der Waals surface area contributed by atoms with E-state index in [4.69, 9.17) is 16.7 Å². The molecule has 0 aromatic heterocycles. The van der Waals surface area contributed by atoms with Crippen LogP contribution in [0.15, 0.2) is 48.5 Å². The zero-order valence-electron chi connectivity index (χ0n) is 12.4. The molecule has 6 nitrogen and oxygen atoms in total. The third-order valence-electron chi connectivity index (χ3n) is 3.72. The fourth-order valence-corrected chi connectivity index (χ4v) is 2.73. The molecule has 1 aliphatic rings. The largest absolute Gasteiger partial charge is 0.478 e. The normalized spacial score (nSPS) is 17.2. The van der Waals surface area contributed by atoms with E-state index in [-0.39, 0.29) is 17.9 Å². The summed E-state index contributed by atoms with van der Waals surface area (Å²) in [5.41, 5.74) is 1.01. The highest BCUT2D eigenvalue weighted by Crippen LogP contribution is 2.27. The molecule has 0 radical (unpaired) electrons. The van der Waals surface area contributed by atoms with E-state index in [1.165, 1.54) is 24.3 Å². The van der Waals surface area contributed by atoms with E-state index in [1.54, 1.807) is 24.3 Å². The second kappa shape index (κ2) is 6.33. The van der Waals surface area contributed by atoms with Crippen LogP contribution < -0.4 is 10.2 Å². The zero-order valence-corrected chi connectivity index (χ0v) is 13.2. The summed E-state index contributed by atoms with van der Waals surface area (Å²) in [6, 6.07) is 11.8. The molecule has 2 N–H and O–H groups in total. The first-order valence-electron chi connectivity index (χ1n) is 7.18. The molecule has 0 bridgehead atoms. The Balaban J connectivity index is 1.81. The number of carbonyl (C=O) groups is 3. The van der Waals surface area contributed by atoms with Crippen molar-refractivity contribution in [2.75, 3.05) is 10.2 Å². The molecule has 1 atom stereocenters. The SMILES string of the molecule is O=C(O)c1ccc(N2C(=O)C[C@@H](Nc3ccccc3Cl)C2=O)cc1. The van der Waals surface area contributed by atoms with E-state index in [1.807, 2.05) is 0 Å². The topological polar surface area (TPSA) is 86.7 Å².